The molecule has 3 aliphatic rings. The summed E-state index contributed by atoms with van der Waals surface area (Å²) >= 11 is 0. The lowest BCUT2D eigenvalue weighted by atomic mass is 9.70. The van der Waals surface area contributed by atoms with Crippen LogP contribution in [0.1, 0.15) is 25.7 Å². The number of likely N-dealkylation sites (tertiary alicyclic amines) is 1. The van der Waals surface area contributed by atoms with Gasteiger partial charge >= 0.3 is 0 Å². The zero-order chi connectivity index (χ0) is 14.4. The Balaban J connectivity index is 1.40. The summed E-state index contributed by atoms with van der Waals surface area (Å²) in [6.07, 6.45) is 3.77. The summed E-state index contributed by atoms with van der Waals surface area (Å²) in [7, 11) is 0. The molecule has 1 aromatic carbocycles. The number of hydrogen-bond donors (Lipinski definition) is 0. The Morgan fingerprint density at radius 3 is 2.33 bits per heavy atom. The highest BCUT2D eigenvalue weighted by atomic mass is 16.2. The van der Waals surface area contributed by atoms with Crippen LogP contribution < -0.4 is 4.90 Å². The van der Waals surface area contributed by atoms with E-state index in [4.69, 9.17) is 0 Å². The molecule has 0 N–H and O–H groups in total. The molecule has 1 spiro atoms. The molecule has 1 aromatic rings. The number of piperidine rings is 1. The van der Waals surface area contributed by atoms with E-state index in [1.54, 1.807) is 0 Å². The van der Waals surface area contributed by atoms with E-state index in [1.165, 1.54) is 0 Å². The van der Waals surface area contributed by atoms with E-state index in [0.717, 1.165) is 51.0 Å². The first-order chi connectivity index (χ1) is 10.2. The second-order valence-corrected chi connectivity index (χ2v) is 6.61. The van der Waals surface area contributed by atoms with Gasteiger partial charge in [0.05, 0.1) is 5.41 Å². The number of β-lactam (4-membered cyclic amide) rings is 1. The van der Waals surface area contributed by atoms with E-state index in [0.29, 0.717) is 5.91 Å². The van der Waals surface area contributed by atoms with Crippen molar-refractivity contribution in [1.82, 2.24) is 4.90 Å². The fourth-order valence-corrected chi connectivity index (χ4v) is 3.57. The summed E-state index contributed by atoms with van der Waals surface area (Å²) in [6.45, 7) is 2.31. The molecule has 2 heterocycles. The van der Waals surface area contributed by atoms with Crippen LogP contribution in [0.4, 0.5) is 5.69 Å². The molecular weight excluding hydrogens is 264 g/mol. The number of rotatable bonds is 2. The van der Waals surface area contributed by atoms with Gasteiger partial charge in [-0.1, -0.05) is 18.2 Å². The van der Waals surface area contributed by atoms with Crippen LogP contribution in [0.2, 0.25) is 0 Å². The number of carbonyl (C=O) groups is 2. The first-order valence-electron chi connectivity index (χ1n) is 7.85. The van der Waals surface area contributed by atoms with E-state index in [-0.39, 0.29) is 17.2 Å². The van der Waals surface area contributed by atoms with Gasteiger partial charge in [-0.2, -0.15) is 0 Å². The lowest BCUT2D eigenvalue weighted by molar-refractivity contribution is -0.144. The number of carbonyl (C=O) groups excluding carboxylic acids is 2. The van der Waals surface area contributed by atoms with Crippen molar-refractivity contribution in [3.8, 4) is 0 Å². The molecule has 4 rings (SSSR count). The largest absolute Gasteiger partial charge is 0.342 e. The number of nitrogens with zero attached hydrogens (tertiary/aromatic N) is 2. The molecule has 1 aliphatic carbocycles. The van der Waals surface area contributed by atoms with Crippen LogP contribution in [0.15, 0.2) is 30.3 Å². The number of hydrogen-bond acceptors (Lipinski definition) is 2. The highest BCUT2D eigenvalue weighted by Crippen LogP contribution is 2.44. The summed E-state index contributed by atoms with van der Waals surface area (Å²) < 4.78 is 0. The van der Waals surface area contributed by atoms with Crippen LogP contribution in [0, 0.1) is 11.3 Å². The van der Waals surface area contributed by atoms with Crippen molar-refractivity contribution >= 4 is 17.5 Å². The predicted octanol–water partition coefficient (Wildman–Crippen LogP) is 2.05. The monoisotopic (exact) mass is 284 g/mol. The first kappa shape index (κ1) is 12.9. The van der Waals surface area contributed by atoms with Gasteiger partial charge in [0, 0.05) is 31.2 Å². The molecule has 110 valence electrons. The standard InChI is InChI=1S/C17H20N2O2/c20-15(13-6-7-13)18-10-8-17(9-11-18)12-19(16(17)21)14-4-2-1-3-5-14/h1-5,13H,6-12H2. The smallest absolute Gasteiger partial charge is 0.235 e. The Labute approximate surface area is 124 Å². The zero-order valence-electron chi connectivity index (χ0n) is 12.1. The lowest BCUT2D eigenvalue weighted by Gasteiger charge is -2.52. The van der Waals surface area contributed by atoms with Crippen molar-refractivity contribution in [3.05, 3.63) is 30.3 Å². The summed E-state index contributed by atoms with van der Waals surface area (Å²) in [5, 5.41) is 0. The maximum absolute atomic E-state index is 12.6. The van der Waals surface area contributed by atoms with E-state index < -0.39 is 0 Å². The molecule has 0 aromatic heterocycles. The highest BCUT2D eigenvalue weighted by molar-refractivity contribution is 6.04. The fraction of sp³-hybridized carbons (Fsp3) is 0.529. The summed E-state index contributed by atoms with van der Waals surface area (Å²) in [6, 6.07) is 9.85. The van der Waals surface area contributed by atoms with Gasteiger partial charge in [0.2, 0.25) is 11.8 Å². The molecule has 0 bridgehead atoms. The van der Waals surface area contributed by atoms with Gasteiger partial charge in [-0.15, -0.1) is 0 Å². The Kier molecular flexibility index (Phi) is 2.81. The molecule has 2 amide bonds. The van der Waals surface area contributed by atoms with Crippen molar-refractivity contribution in [1.29, 1.82) is 0 Å². The van der Waals surface area contributed by atoms with Crippen LogP contribution in [-0.4, -0.2) is 36.3 Å². The average Bonchev–Trinajstić information content (AvgIpc) is 3.38. The minimum Gasteiger partial charge on any atom is -0.342 e. The van der Waals surface area contributed by atoms with E-state index in [2.05, 4.69) is 0 Å². The maximum Gasteiger partial charge on any atom is 0.235 e. The Morgan fingerprint density at radius 2 is 1.76 bits per heavy atom. The van der Waals surface area contributed by atoms with Crippen molar-refractivity contribution in [2.45, 2.75) is 25.7 Å². The number of benzene rings is 1. The van der Waals surface area contributed by atoms with Crippen LogP contribution in [0.5, 0.6) is 0 Å². The fourth-order valence-electron chi connectivity index (χ4n) is 3.57. The van der Waals surface area contributed by atoms with Crippen molar-refractivity contribution in [2.75, 3.05) is 24.5 Å². The van der Waals surface area contributed by atoms with Gasteiger partial charge in [-0.3, -0.25) is 9.59 Å². The Morgan fingerprint density at radius 1 is 1.10 bits per heavy atom. The van der Waals surface area contributed by atoms with Crippen molar-refractivity contribution in [3.63, 3.8) is 0 Å². The number of amides is 2. The van der Waals surface area contributed by atoms with Gasteiger partial charge in [0.25, 0.3) is 0 Å². The molecule has 21 heavy (non-hydrogen) atoms. The lowest BCUT2D eigenvalue weighted by Crippen LogP contribution is -2.65. The maximum atomic E-state index is 12.6. The van der Waals surface area contributed by atoms with E-state index in [9.17, 15) is 9.59 Å². The normalized spacial score (nSPS) is 24.1. The Hall–Kier alpha value is -1.84. The third-order valence-corrected chi connectivity index (χ3v) is 5.19. The van der Waals surface area contributed by atoms with Crippen LogP contribution >= 0.6 is 0 Å². The number of para-hydroxylation sites is 1. The molecule has 0 atom stereocenters. The van der Waals surface area contributed by atoms with Gasteiger partial charge in [-0.05, 0) is 37.8 Å². The number of anilines is 1. The van der Waals surface area contributed by atoms with Gasteiger partial charge in [0.1, 0.15) is 0 Å². The third-order valence-electron chi connectivity index (χ3n) is 5.19. The average molecular weight is 284 g/mol. The molecule has 1 saturated carbocycles. The molecule has 4 heteroatoms. The first-order valence-corrected chi connectivity index (χ1v) is 7.85. The molecule has 2 aliphatic heterocycles. The van der Waals surface area contributed by atoms with Gasteiger partial charge < -0.3 is 9.80 Å². The second kappa shape index (κ2) is 4.58. The van der Waals surface area contributed by atoms with E-state index >= 15 is 0 Å². The van der Waals surface area contributed by atoms with Crippen LogP contribution in [0.25, 0.3) is 0 Å². The topological polar surface area (TPSA) is 40.6 Å². The summed E-state index contributed by atoms with van der Waals surface area (Å²) in [5.41, 5.74) is 0.792. The van der Waals surface area contributed by atoms with Gasteiger partial charge in [0.15, 0.2) is 0 Å². The highest BCUT2D eigenvalue weighted by Gasteiger charge is 2.54. The molecule has 0 radical (unpaired) electrons. The minimum atomic E-state index is -0.198. The predicted molar refractivity (Wildman–Crippen MR) is 79.8 cm³/mol. The van der Waals surface area contributed by atoms with Crippen molar-refractivity contribution in [2.24, 2.45) is 11.3 Å². The molecule has 4 nitrogen and oxygen atoms in total. The van der Waals surface area contributed by atoms with Gasteiger partial charge in [-0.25, -0.2) is 0 Å². The zero-order valence-corrected chi connectivity index (χ0v) is 12.1. The summed E-state index contributed by atoms with van der Waals surface area (Å²) in [4.78, 5) is 28.5. The minimum absolute atomic E-state index is 0.198. The summed E-state index contributed by atoms with van der Waals surface area (Å²) in [5.74, 6) is 0.848. The Bertz CT molecular complexity index is 572. The SMILES string of the molecule is O=C(C1CC1)N1CCC2(CC1)CN(c1ccccc1)C2=O. The molecule has 3 fully saturated rings. The van der Waals surface area contributed by atoms with Crippen LogP contribution in [-0.2, 0) is 9.59 Å². The molecule has 2 saturated heterocycles. The second-order valence-electron chi connectivity index (χ2n) is 6.61. The van der Waals surface area contributed by atoms with E-state index in [1.807, 2.05) is 40.1 Å². The van der Waals surface area contributed by atoms with Crippen molar-refractivity contribution < 1.29 is 9.59 Å². The third kappa shape index (κ3) is 2.04. The molecular formula is C17H20N2O2. The quantitative estimate of drug-likeness (QED) is 0.780. The molecule has 0 unspecified atom stereocenters. The van der Waals surface area contributed by atoms with Crippen LogP contribution in [0.3, 0.4) is 0 Å².